The Kier molecular flexibility index (Phi) is 4.02. The monoisotopic (exact) mass is 170 g/mol. The van der Waals surface area contributed by atoms with Gasteiger partial charge >= 0.3 is 0 Å². The molecule has 1 rings (SSSR count). The second-order valence-electron chi connectivity index (χ2n) is 4.02. The van der Waals surface area contributed by atoms with E-state index in [4.69, 9.17) is 5.73 Å². The number of hydrogen-bond donors (Lipinski definition) is 1. The van der Waals surface area contributed by atoms with Crippen molar-refractivity contribution in [2.45, 2.75) is 39.2 Å². The topological polar surface area (TPSA) is 29.3 Å². The summed E-state index contributed by atoms with van der Waals surface area (Å²) in [7, 11) is 0. The predicted octanol–water partition coefficient (Wildman–Crippen LogP) is 1.46. The highest BCUT2D eigenvalue weighted by Gasteiger charge is 2.25. The first-order chi connectivity index (χ1) is 5.77. The Morgan fingerprint density at radius 3 is 2.58 bits per heavy atom. The summed E-state index contributed by atoms with van der Waals surface area (Å²) in [6, 6.07) is 0.575. The first-order valence-corrected chi connectivity index (χ1v) is 5.22. The Morgan fingerprint density at radius 2 is 2.17 bits per heavy atom. The van der Waals surface area contributed by atoms with Gasteiger partial charge in [-0.1, -0.05) is 6.92 Å². The summed E-state index contributed by atoms with van der Waals surface area (Å²) >= 11 is 0. The van der Waals surface area contributed by atoms with Gasteiger partial charge in [0, 0.05) is 19.1 Å². The van der Waals surface area contributed by atoms with Gasteiger partial charge in [-0.25, -0.2) is 0 Å². The van der Waals surface area contributed by atoms with Crippen molar-refractivity contribution in [1.82, 2.24) is 4.90 Å². The van der Waals surface area contributed by atoms with Crippen LogP contribution in [-0.4, -0.2) is 30.6 Å². The van der Waals surface area contributed by atoms with Crippen molar-refractivity contribution in [3.63, 3.8) is 0 Å². The van der Waals surface area contributed by atoms with Crippen molar-refractivity contribution in [3.8, 4) is 0 Å². The van der Waals surface area contributed by atoms with E-state index in [2.05, 4.69) is 18.7 Å². The minimum atomic E-state index is 0.575. The molecule has 1 aliphatic carbocycles. The highest BCUT2D eigenvalue weighted by Crippen LogP contribution is 2.30. The van der Waals surface area contributed by atoms with Crippen LogP contribution in [0.5, 0.6) is 0 Å². The molecule has 1 atom stereocenters. The second-order valence-corrected chi connectivity index (χ2v) is 4.02. The molecule has 2 N–H and O–H groups in total. The molecular formula is C10H22N2. The van der Waals surface area contributed by atoms with Crippen LogP contribution in [0.15, 0.2) is 0 Å². The Balaban J connectivity index is 2.24. The molecule has 1 aliphatic rings. The number of rotatable bonds is 6. The quantitative estimate of drug-likeness (QED) is 0.654. The van der Waals surface area contributed by atoms with Gasteiger partial charge in [-0.05, 0) is 38.6 Å². The van der Waals surface area contributed by atoms with E-state index < -0.39 is 0 Å². The maximum Gasteiger partial charge on any atom is 0.0190 e. The van der Waals surface area contributed by atoms with Gasteiger partial charge in [-0.2, -0.15) is 0 Å². The zero-order valence-electron chi connectivity index (χ0n) is 8.42. The van der Waals surface area contributed by atoms with E-state index in [1.165, 1.54) is 32.4 Å². The van der Waals surface area contributed by atoms with Gasteiger partial charge in [0.15, 0.2) is 0 Å². The normalized spacial score (nSPS) is 20.0. The standard InChI is InChI=1S/C10H22N2/c1-3-6-12(9(2)7-11)8-10-4-5-10/h9-10H,3-8,11H2,1-2H3. The van der Waals surface area contributed by atoms with E-state index in [0.29, 0.717) is 6.04 Å². The van der Waals surface area contributed by atoms with Crippen molar-refractivity contribution in [3.05, 3.63) is 0 Å². The molecule has 0 aromatic heterocycles. The first-order valence-electron chi connectivity index (χ1n) is 5.22. The zero-order chi connectivity index (χ0) is 8.97. The maximum atomic E-state index is 5.66. The number of nitrogens with zero attached hydrogens (tertiary/aromatic N) is 1. The molecular weight excluding hydrogens is 148 g/mol. The van der Waals surface area contributed by atoms with E-state index in [1.807, 2.05) is 0 Å². The highest BCUT2D eigenvalue weighted by molar-refractivity contribution is 4.79. The van der Waals surface area contributed by atoms with Crippen molar-refractivity contribution in [1.29, 1.82) is 0 Å². The largest absolute Gasteiger partial charge is 0.329 e. The fourth-order valence-electron chi connectivity index (χ4n) is 1.56. The van der Waals surface area contributed by atoms with Gasteiger partial charge in [0.1, 0.15) is 0 Å². The van der Waals surface area contributed by atoms with Crippen LogP contribution in [0.3, 0.4) is 0 Å². The van der Waals surface area contributed by atoms with Gasteiger partial charge in [0.25, 0.3) is 0 Å². The van der Waals surface area contributed by atoms with Gasteiger partial charge in [0.05, 0.1) is 0 Å². The molecule has 2 heteroatoms. The number of hydrogen-bond acceptors (Lipinski definition) is 2. The summed E-state index contributed by atoms with van der Waals surface area (Å²) in [5, 5.41) is 0. The molecule has 0 amide bonds. The summed E-state index contributed by atoms with van der Waals surface area (Å²) in [5.41, 5.74) is 5.66. The average molecular weight is 170 g/mol. The Labute approximate surface area is 76.1 Å². The molecule has 0 bridgehead atoms. The lowest BCUT2D eigenvalue weighted by molar-refractivity contribution is 0.204. The minimum absolute atomic E-state index is 0.575. The third-order valence-electron chi connectivity index (χ3n) is 2.66. The van der Waals surface area contributed by atoms with Crippen LogP contribution in [0.1, 0.15) is 33.1 Å². The van der Waals surface area contributed by atoms with Crippen LogP contribution in [0.25, 0.3) is 0 Å². The third-order valence-corrected chi connectivity index (χ3v) is 2.66. The van der Waals surface area contributed by atoms with E-state index in [-0.39, 0.29) is 0 Å². The molecule has 0 aliphatic heterocycles. The van der Waals surface area contributed by atoms with Crippen LogP contribution >= 0.6 is 0 Å². The van der Waals surface area contributed by atoms with Gasteiger partial charge < -0.3 is 5.73 Å². The van der Waals surface area contributed by atoms with Gasteiger partial charge in [-0.15, -0.1) is 0 Å². The molecule has 1 unspecified atom stereocenters. The molecule has 12 heavy (non-hydrogen) atoms. The average Bonchev–Trinajstić information content (AvgIpc) is 2.86. The minimum Gasteiger partial charge on any atom is -0.329 e. The maximum absolute atomic E-state index is 5.66. The van der Waals surface area contributed by atoms with Crippen LogP contribution in [0.4, 0.5) is 0 Å². The third kappa shape index (κ3) is 3.11. The van der Waals surface area contributed by atoms with Gasteiger partial charge in [0.2, 0.25) is 0 Å². The zero-order valence-corrected chi connectivity index (χ0v) is 8.42. The van der Waals surface area contributed by atoms with Crippen molar-refractivity contribution < 1.29 is 0 Å². The summed E-state index contributed by atoms with van der Waals surface area (Å²) < 4.78 is 0. The van der Waals surface area contributed by atoms with Crippen molar-refractivity contribution in [2.24, 2.45) is 11.7 Å². The van der Waals surface area contributed by atoms with Crippen molar-refractivity contribution in [2.75, 3.05) is 19.6 Å². The molecule has 2 nitrogen and oxygen atoms in total. The number of nitrogens with two attached hydrogens (primary N) is 1. The molecule has 0 aromatic carbocycles. The summed E-state index contributed by atoms with van der Waals surface area (Å²) in [5.74, 6) is 0.991. The van der Waals surface area contributed by atoms with E-state index in [1.54, 1.807) is 0 Å². The molecule has 72 valence electrons. The Hall–Kier alpha value is -0.0800. The molecule has 1 saturated carbocycles. The lowest BCUT2D eigenvalue weighted by atomic mass is 10.2. The second kappa shape index (κ2) is 4.83. The Bertz CT molecular complexity index is 121. The SMILES string of the molecule is CCCN(CC1CC1)C(C)CN. The molecule has 0 heterocycles. The van der Waals surface area contributed by atoms with Crippen LogP contribution < -0.4 is 5.73 Å². The Morgan fingerprint density at radius 1 is 1.50 bits per heavy atom. The van der Waals surface area contributed by atoms with E-state index in [9.17, 15) is 0 Å². The van der Waals surface area contributed by atoms with Crippen LogP contribution in [0.2, 0.25) is 0 Å². The lowest BCUT2D eigenvalue weighted by Crippen LogP contribution is -2.40. The molecule has 0 spiro atoms. The molecule has 0 radical (unpaired) electrons. The van der Waals surface area contributed by atoms with E-state index >= 15 is 0 Å². The summed E-state index contributed by atoms with van der Waals surface area (Å²) in [6.07, 6.45) is 4.13. The molecule has 0 aromatic rings. The molecule has 0 saturated heterocycles. The highest BCUT2D eigenvalue weighted by atomic mass is 15.2. The summed E-state index contributed by atoms with van der Waals surface area (Å²) in [4.78, 5) is 2.54. The van der Waals surface area contributed by atoms with Crippen LogP contribution in [-0.2, 0) is 0 Å². The van der Waals surface area contributed by atoms with E-state index in [0.717, 1.165) is 12.5 Å². The lowest BCUT2D eigenvalue weighted by Gasteiger charge is -2.27. The first kappa shape index (κ1) is 10.0. The smallest absolute Gasteiger partial charge is 0.0190 e. The fourth-order valence-corrected chi connectivity index (χ4v) is 1.56. The summed E-state index contributed by atoms with van der Waals surface area (Å²) in [6.45, 7) is 7.77. The van der Waals surface area contributed by atoms with Crippen molar-refractivity contribution >= 4 is 0 Å². The predicted molar refractivity (Wildman–Crippen MR) is 53.1 cm³/mol. The van der Waals surface area contributed by atoms with Gasteiger partial charge in [-0.3, -0.25) is 4.90 Å². The molecule has 1 fully saturated rings. The fraction of sp³-hybridized carbons (Fsp3) is 1.00. The van der Waals surface area contributed by atoms with Crippen LogP contribution in [0, 0.1) is 5.92 Å².